The van der Waals surface area contributed by atoms with Crippen molar-refractivity contribution in [3.63, 3.8) is 0 Å². The van der Waals surface area contributed by atoms with Crippen LogP contribution in [-0.4, -0.2) is 25.8 Å². The number of aromatic nitrogens is 3. The van der Waals surface area contributed by atoms with Gasteiger partial charge in [0.2, 0.25) is 0 Å². The van der Waals surface area contributed by atoms with Crippen LogP contribution in [0.1, 0.15) is 21.7 Å². The summed E-state index contributed by atoms with van der Waals surface area (Å²) in [7, 11) is 1.61. The molecular weight excluding hydrogens is 282 g/mol. The number of carboxylic acids is 1. The van der Waals surface area contributed by atoms with Crippen molar-refractivity contribution in [1.29, 1.82) is 0 Å². The number of aromatic carboxylic acids is 1. The molecule has 0 unspecified atom stereocenters. The molecule has 22 heavy (non-hydrogen) atoms. The minimum atomic E-state index is -1.01. The Morgan fingerprint density at radius 1 is 1.32 bits per heavy atom. The fourth-order valence-corrected chi connectivity index (χ4v) is 2.27. The molecule has 6 nitrogen and oxygen atoms in total. The summed E-state index contributed by atoms with van der Waals surface area (Å²) in [6.45, 7) is 2.30. The Labute approximate surface area is 127 Å². The van der Waals surface area contributed by atoms with E-state index in [0.29, 0.717) is 23.3 Å². The van der Waals surface area contributed by atoms with Crippen LogP contribution in [0.5, 0.6) is 5.75 Å². The maximum Gasteiger partial charge on any atom is 0.354 e. The normalized spacial score (nSPS) is 10.8. The number of fused-ring (bicyclic) bond motifs is 1. The molecule has 1 aromatic carbocycles. The molecule has 2 aromatic heterocycles. The van der Waals surface area contributed by atoms with E-state index in [2.05, 4.69) is 10.1 Å². The van der Waals surface area contributed by atoms with Crippen molar-refractivity contribution in [3.05, 3.63) is 53.5 Å². The first-order chi connectivity index (χ1) is 10.5. The summed E-state index contributed by atoms with van der Waals surface area (Å²) < 4.78 is 7.08. The molecule has 0 fully saturated rings. The van der Waals surface area contributed by atoms with Gasteiger partial charge in [0.15, 0.2) is 5.69 Å². The van der Waals surface area contributed by atoms with Crippen molar-refractivity contribution in [2.45, 2.75) is 13.5 Å². The number of aryl methyl sites for hydroxylation is 2. The van der Waals surface area contributed by atoms with Gasteiger partial charge in [-0.1, -0.05) is 6.07 Å². The molecule has 0 aliphatic rings. The van der Waals surface area contributed by atoms with Crippen LogP contribution >= 0.6 is 0 Å². The molecule has 0 bridgehead atoms. The van der Waals surface area contributed by atoms with E-state index in [1.807, 2.05) is 19.1 Å². The molecule has 0 aliphatic heterocycles. The lowest BCUT2D eigenvalue weighted by atomic mass is 10.2. The lowest BCUT2D eigenvalue weighted by Crippen LogP contribution is -2.05. The summed E-state index contributed by atoms with van der Waals surface area (Å²) in [4.78, 5) is 15.5. The zero-order valence-electron chi connectivity index (χ0n) is 12.3. The van der Waals surface area contributed by atoms with Crippen LogP contribution in [0.3, 0.4) is 0 Å². The Balaban J connectivity index is 1.86. The molecule has 6 heteroatoms. The Morgan fingerprint density at radius 2 is 2.14 bits per heavy atom. The molecule has 112 valence electrons. The minimum absolute atomic E-state index is 0.150. The van der Waals surface area contributed by atoms with Gasteiger partial charge in [-0.05, 0) is 31.2 Å². The average Bonchev–Trinajstić information content (AvgIpc) is 2.82. The highest BCUT2D eigenvalue weighted by molar-refractivity contribution is 6.01. The lowest BCUT2D eigenvalue weighted by Gasteiger charge is -2.06. The Hall–Kier alpha value is -2.89. The maximum absolute atomic E-state index is 11.3. The fraction of sp³-hybridized carbons (Fsp3) is 0.188. The van der Waals surface area contributed by atoms with Gasteiger partial charge in [0.1, 0.15) is 12.4 Å². The third-order valence-electron chi connectivity index (χ3n) is 3.39. The van der Waals surface area contributed by atoms with Gasteiger partial charge in [-0.2, -0.15) is 5.10 Å². The third kappa shape index (κ3) is 2.63. The van der Waals surface area contributed by atoms with Gasteiger partial charge in [0.05, 0.1) is 5.52 Å². The molecule has 1 N–H and O–H groups in total. The zero-order chi connectivity index (χ0) is 15.7. The van der Waals surface area contributed by atoms with Gasteiger partial charge >= 0.3 is 5.97 Å². The van der Waals surface area contributed by atoms with Crippen molar-refractivity contribution in [3.8, 4) is 5.75 Å². The topological polar surface area (TPSA) is 77.2 Å². The molecule has 0 saturated heterocycles. The van der Waals surface area contributed by atoms with Crippen LogP contribution < -0.4 is 4.74 Å². The standard InChI is InChI=1S/C16H15N3O3/c1-10-3-4-11(8-17-10)9-22-12-5-6-14-13(7-12)15(16(20)21)19(2)18-14/h3-8H,9H2,1-2H3,(H,20,21). The fourth-order valence-electron chi connectivity index (χ4n) is 2.27. The van der Waals surface area contributed by atoms with Crippen LogP contribution in [-0.2, 0) is 13.7 Å². The van der Waals surface area contributed by atoms with Crippen molar-refractivity contribution in [2.75, 3.05) is 0 Å². The van der Waals surface area contributed by atoms with Crippen LogP contribution in [0.15, 0.2) is 36.5 Å². The maximum atomic E-state index is 11.3. The van der Waals surface area contributed by atoms with Gasteiger partial charge in [0, 0.05) is 29.9 Å². The number of carbonyl (C=O) groups is 1. The Morgan fingerprint density at radius 3 is 2.82 bits per heavy atom. The van der Waals surface area contributed by atoms with Crippen LogP contribution in [0.2, 0.25) is 0 Å². The van der Waals surface area contributed by atoms with Crippen molar-refractivity contribution >= 4 is 16.9 Å². The van der Waals surface area contributed by atoms with E-state index in [4.69, 9.17) is 4.74 Å². The van der Waals surface area contributed by atoms with Gasteiger partial charge in [-0.25, -0.2) is 4.79 Å². The second-order valence-electron chi connectivity index (χ2n) is 5.05. The minimum Gasteiger partial charge on any atom is -0.489 e. The smallest absolute Gasteiger partial charge is 0.354 e. The summed E-state index contributed by atoms with van der Waals surface area (Å²) in [5, 5.41) is 14.0. The van der Waals surface area contributed by atoms with Crippen molar-refractivity contribution in [2.24, 2.45) is 7.05 Å². The second kappa shape index (κ2) is 5.48. The average molecular weight is 297 g/mol. The first-order valence-corrected chi connectivity index (χ1v) is 6.79. The van der Waals surface area contributed by atoms with E-state index in [0.717, 1.165) is 11.3 Å². The van der Waals surface area contributed by atoms with E-state index in [1.165, 1.54) is 4.68 Å². The number of hydrogen-bond donors (Lipinski definition) is 1. The highest BCUT2D eigenvalue weighted by Gasteiger charge is 2.16. The molecule has 0 aliphatic carbocycles. The third-order valence-corrected chi connectivity index (χ3v) is 3.39. The number of benzene rings is 1. The largest absolute Gasteiger partial charge is 0.489 e. The number of carboxylic acid groups (broad SMARTS) is 1. The summed E-state index contributed by atoms with van der Waals surface area (Å²) in [5.41, 5.74) is 2.68. The van der Waals surface area contributed by atoms with Crippen molar-refractivity contribution < 1.29 is 14.6 Å². The predicted molar refractivity (Wildman–Crippen MR) is 81.0 cm³/mol. The molecule has 0 radical (unpaired) electrons. The SMILES string of the molecule is Cc1ccc(COc2ccc3nn(C)c(C(=O)O)c3c2)cn1. The van der Waals surface area contributed by atoms with Gasteiger partial charge in [-0.15, -0.1) is 0 Å². The lowest BCUT2D eigenvalue weighted by molar-refractivity contribution is 0.0687. The number of ether oxygens (including phenoxy) is 1. The van der Waals surface area contributed by atoms with Gasteiger partial charge < -0.3 is 9.84 Å². The zero-order valence-corrected chi connectivity index (χ0v) is 12.3. The summed E-state index contributed by atoms with van der Waals surface area (Å²) in [6, 6.07) is 9.11. The predicted octanol–water partition coefficient (Wildman–Crippen LogP) is 2.55. The quantitative estimate of drug-likeness (QED) is 0.800. The van der Waals surface area contributed by atoms with Crippen molar-refractivity contribution in [1.82, 2.24) is 14.8 Å². The van der Waals surface area contributed by atoms with E-state index in [9.17, 15) is 9.90 Å². The Bertz CT molecular complexity index is 838. The monoisotopic (exact) mass is 297 g/mol. The van der Waals surface area contributed by atoms with E-state index in [-0.39, 0.29) is 5.69 Å². The summed E-state index contributed by atoms with van der Waals surface area (Å²) in [6.07, 6.45) is 1.76. The Kier molecular flexibility index (Phi) is 3.50. The molecular formula is C16H15N3O3. The number of pyridine rings is 1. The molecule has 3 rings (SSSR count). The molecule has 2 heterocycles. The first-order valence-electron chi connectivity index (χ1n) is 6.79. The van der Waals surface area contributed by atoms with Crippen LogP contribution in [0.25, 0.3) is 10.9 Å². The molecule has 3 aromatic rings. The van der Waals surface area contributed by atoms with Crippen LogP contribution in [0, 0.1) is 6.92 Å². The van der Waals surface area contributed by atoms with Crippen LogP contribution in [0.4, 0.5) is 0 Å². The first kappa shape index (κ1) is 14.1. The molecule has 0 amide bonds. The van der Waals surface area contributed by atoms with E-state index in [1.54, 1.807) is 31.4 Å². The molecule has 0 atom stereocenters. The number of nitrogens with zero attached hydrogens (tertiary/aromatic N) is 3. The second-order valence-corrected chi connectivity index (χ2v) is 5.05. The number of rotatable bonds is 4. The van der Waals surface area contributed by atoms with Gasteiger partial charge in [-0.3, -0.25) is 9.67 Å². The van der Waals surface area contributed by atoms with E-state index < -0.39 is 5.97 Å². The number of hydrogen-bond acceptors (Lipinski definition) is 4. The molecule has 0 spiro atoms. The highest BCUT2D eigenvalue weighted by Crippen LogP contribution is 2.24. The summed E-state index contributed by atoms with van der Waals surface area (Å²) in [5.74, 6) is -0.409. The summed E-state index contributed by atoms with van der Waals surface area (Å²) >= 11 is 0. The molecule has 0 saturated carbocycles. The highest BCUT2D eigenvalue weighted by atomic mass is 16.5. The van der Waals surface area contributed by atoms with Gasteiger partial charge in [0.25, 0.3) is 0 Å². The van der Waals surface area contributed by atoms with E-state index >= 15 is 0 Å².